The van der Waals surface area contributed by atoms with E-state index in [0.717, 1.165) is 33.9 Å². The van der Waals surface area contributed by atoms with Gasteiger partial charge in [-0.05, 0) is 103 Å². The Bertz CT molecular complexity index is 3100. The molecule has 0 bridgehead atoms. The van der Waals surface area contributed by atoms with Crippen molar-refractivity contribution < 1.29 is 0 Å². The topological polar surface area (TPSA) is 6.48 Å². The van der Waals surface area contributed by atoms with Gasteiger partial charge in [-0.3, -0.25) is 0 Å². The van der Waals surface area contributed by atoms with E-state index in [4.69, 9.17) is 0 Å². The Labute approximate surface area is 371 Å². The lowest BCUT2D eigenvalue weighted by atomic mass is 9.98. The summed E-state index contributed by atoms with van der Waals surface area (Å²) < 4.78 is 0. The standard InChI is InChI=1S/C60H44N2Si/c1-6-20-45(21-7-1)47-34-36-49(37-35-47)55-30-16-17-31-56(55)61(51-40-38-48(39-41-51)46-22-8-2-9-23-46)52-42-43-58-60(44-52)63(53-26-12-4-13-27-53,54-28-14-5-15-29-54)59-33-19-18-32-57(59)62(58)50-24-10-3-11-25-50/h1-44H. The predicted molar refractivity (Wildman–Crippen MR) is 269 cm³/mol. The molecule has 0 N–H and O–H groups in total. The molecule has 298 valence electrons. The van der Waals surface area contributed by atoms with Crippen LogP contribution in [0.1, 0.15) is 0 Å². The molecule has 0 aromatic heterocycles. The summed E-state index contributed by atoms with van der Waals surface area (Å²) in [6.07, 6.45) is 0. The second-order valence-electron chi connectivity index (χ2n) is 16.1. The number of para-hydroxylation sites is 3. The summed E-state index contributed by atoms with van der Waals surface area (Å²) in [5.74, 6) is 0. The zero-order valence-electron chi connectivity index (χ0n) is 34.8. The summed E-state index contributed by atoms with van der Waals surface area (Å²) in [4.78, 5) is 4.95. The van der Waals surface area contributed by atoms with Crippen LogP contribution in [0.25, 0.3) is 33.4 Å². The van der Waals surface area contributed by atoms with E-state index in [1.807, 2.05) is 0 Å². The van der Waals surface area contributed by atoms with Gasteiger partial charge >= 0.3 is 0 Å². The summed E-state index contributed by atoms with van der Waals surface area (Å²) in [7, 11) is -2.97. The molecule has 0 radical (unpaired) electrons. The van der Waals surface area contributed by atoms with Crippen LogP contribution in [-0.4, -0.2) is 8.07 Å². The maximum Gasteiger partial charge on any atom is 0.184 e. The Kier molecular flexibility index (Phi) is 9.93. The first-order valence-corrected chi connectivity index (χ1v) is 23.7. The van der Waals surface area contributed by atoms with E-state index in [1.165, 1.54) is 54.4 Å². The third kappa shape index (κ3) is 6.76. The lowest BCUT2D eigenvalue weighted by Gasteiger charge is -2.45. The Morgan fingerprint density at radius 2 is 0.730 bits per heavy atom. The van der Waals surface area contributed by atoms with E-state index in [0.29, 0.717) is 0 Å². The molecule has 0 unspecified atom stereocenters. The highest BCUT2D eigenvalue weighted by Crippen LogP contribution is 2.44. The number of hydrogen-bond donors (Lipinski definition) is 0. The molecular weight excluding hydrogens is 777 g/mol. The van der Waals surface area contributed by atoms with Crippen LogP contribution in [0.3, 0.4) is 0 Å². The largest absolute Gasteiger partial charge is 0.311 e. The number of anilines is 6. The number of benzene rings is 10. The third-order valence-corrected chi connectivity index (χ3v) is 17.4. The summed E-state index contributed by atoms with van der Waals surface area (Å²) in [5, 5.41) is 5.42. The number of hydrogen-bond acceptors (Lipinski definition) is 2. The lowest BCUT2D eigenvalue weighted by molar-refractivity contribution is 1.26. The molecule has 0 saturated heterocycles. The van der Waals surface area contributed by atoms with Gasteiger partial charge in [0.25, 0.3) is 0 Å². The highest BCUT2D eigenvalue weighted by atomic mass is 28.3. The minimum atomic E-state index is -2.97. The highest BCUT2D eigenvalue weighted by Gasteiger charge is 2.49. The summed E-state index contributed by atoms with van der Waals surface area (Å²) in [6, 6.07) is 98.0. The summed E-state index contributed by atoms with van der Waals surface area (Å²) in [6.45, 7) is 0. The van der Waals surface area contributed by atoms with Crippen molar-refractivity contribution in [2.24, 2.45) is 0 Å². The molecule has 10 aromatic rings. The van der Waals surface area contributed by atoms with Crippen LogP contribution in [0.4, 0.5) is 34.1 Å². The number of nitrogens with zero attached hydrogens (tertiary/aromatic N) is 2. The Morgan fingerprint density at radius 1 is 0.302 bits per heavy atom. The average Bonchev–Trinajstić information content (AvgIpc) is 3.37. The van der Waals surface area contributed by atoms with Crippen molar-refractivity contribution >= 4 is 62.9 Å². The zero-order valence-corrected chi connectivity index (χ0v) is 35.8. The summed E-state index contributed by atoms with van der Waals surface area (Å²) >= 11 is 0. The Morgan fingerprint density at radius 3 is 1.33 bits per heavy atom. The first-order chi connectivity index (χ1) is 31.3. The quantitative estimate of drug-likeness (QED) is 0.134. The van der Waals surface area contributed by atoms with Crippen LogP contribution in [-0.2, 0) is 0 Å². The van der Waals surface area contributed by atoms with Gasteiger partial charge < -0.3 is 9.80 Å². The fourth-order valence-electron chi connectivity index (χ4n) is 9.69. The number of fused-ring (bicyclic) bond motifs is 2. The SMILES string of the molecule is c1ccc(-c2ccc(-c3ccccc3N(c3ccc(-c4ccccc4)cc3)c3ccc4c(c3)[Si](c3ccccc3)(c3ccccc3)c3ccccc3N4c3ccccc3)cc2)cc1. The number of rotatable bonds is 9. The molecule has 0 atom stereocenters. The van der Waals surface area contributed by atoms with Gasteiger partial charge in [0.05, 0.1) is 5.69 Å². The Balaban J connectivity index is 1.17. The van der Waals surface area contributed by atoms with Gasteiger partial charge in [0, 0.05) is 34.0 Å². The fourth-order valence-corrected chi connectivity index (χ4v) is 14.8. The van der Waals surface area contributed by atoms with E-state index in [2.05, 4.69) is 277 Å². The van der Waals surface area contributed by atoms with Crippen molar-refractivity contribution in [3.05, 3.63) is 267 Å². The van der Waals surface area contributed by atoms with Gasteiger partial charge in [-0.1, -0.05) is 212 Å². The fraction of sp³-hybridized carbons (Fsp3) is 0. The predicted octanol–water partition coefficient (Wildman–Crippen LogP) is 13.3. The first-order valence-electron chi connectivity index (χ1n) is 21.7. The molecule has 63 heavy (non-hydrogen) atoms. The molecule has 0 spiro atoms. The van der Waals surface area contributed by atoms with Crippen molar-refractivity contribution in [3.8, 4) is 33.4 Å². The third-order valence-electron chi connectivity index (χ3n) is 12.5. The van der Waals surface area contributed by atoms with Crippen LogP contribution < -0.4 is 30.5 Å². The van der Waals surface area contributed by atoms with E-state index < -0.39 is 8.07 Å². The van der Waals surface area contributed by atoms with Crippen molar-refractivity contribution in [3.63, 3.8) is 0 Å². The van der Waals surface area contributed by atoms with Gasteiger partial charge in [-0.25, -0.2) is 0 Å². The van der Waals surface area contributed by atoms with E-state index in [-0.39, 0.29) is 0 Å². The smallest absolute Gasteiger partial charge is 0.184 e. The summed E-state index contributed by atoms with van der Waals surface area (Å²) in [5.41, 5.74) is 14.0. The van der Waals surface area contributed by atoms with Crippen molar-refractivity contribution in [2.45, 2.75) is 0 Å². The molecule has 0 fully saturated rings. The first kappa shape index (κ1) is 38.0. The normalized spacial score (nSPS) is 12.5. The molecule has 1 heterocycles. The minimum Gasteiger partial charge on any atom is -0.311 e. The highest BCUT2D eigenvalue weighted by molar-refractivity contribution is 7.21. The molecule has 1 aliphatic heterocycles. The lowest BCUT2D eigenvalue weighted by Crippen LogP contribution is -2.77. The van der Waals surface area contributed by atoms with Gasteiger partial charge in [-0.15, -0.1) is 0 Å². The van der Waals surface area contributed by atoms with Gasteiger partial charge in [0.1, 0.15) is 0 Å². The molecule has 10 aromatic carbocycles. The van der Waals surface area contributed by atoms with Crippen LogP contribution in [0.15, 0.2) is 267 Å². The van der Waals surface area contributed by atoms with Crippen molar-refractivity contribution in [1.29, 1.82) is 0 Å². The molecule has 11 rings (SSSR count). The van der Waals surface area contributed by atoms with Crippen LogP contribution >= 0.6 is 0 Å². The van der Waals surface area contributed by atoms with E-state index >= 15 is 0 Å². The molecule has 0 amide bonds. The van der Waals surface area contributed by atoms with E-state index in [1.54, 1.807) is 0 Å². The average molecular weight is 821 g/mol. The molecule has 0 aliphatic carbocycles. The van der Waals surface area contributed by atoms with Crippen molar-refractivity contribution in [1.82, 2.24) is 0 Å². The maximum atomic E-state index is 2.52. The molecule has 2 nitrogen and oxygen atoms in total. The molecular formula is C60H44N2Si. The second kappa shape index (κ2) is 16.5. The maximum absolute atomic E-state index is 2.97. The Hall–Kier alpha value is -7.98. The van der Waals surface area contributed by atoms with Gasteiger partial charge in [0.2, 0.25) is 0 Å². The van der Waals surface area contributed by atoms with E-state index in [9.17, 15) is 0 Å². The molecule has 0 saturated carbocycles. The zero-order chi connectivity index (χ0) is 42.0. The second-order valence-corrected chi connectivity index (χ2v) is 19.8. The molecule has 1 aliphatic rings. The van der Waals surface area contributed by atoms with Crippen molar-refractivity contribution in [2.75, 3.05) is 9.80 Å². The minimum absolute atomic E-state index is 1.09. The monoisotopic (exact) mass is 820 g/mol. The van der Waals surface area contributed by atoms with Crippen LogP contribution in [0.5, 0.6) is 0 Å². The van der Waals surface area contributed by atoms with Gasteiger partial charge in [0.15, 0.2) is 8.07 Å². The van der Waals surface area contributed by atoms with Crippen LogP contribution in [0.2, 0.25) is 0 Å². The molecule has 3 heteroatoms. The van der Waals surface area contributed by atoms with Gasteiger partial charge in [-0.2, -0.15) is 0 Å². The van der Waals surface area contributed by atoms with Crippen LogP contribution in [0, 0.1) is 0 Å².